The van der Waals surface area contributed by atoms with Gasteiger partial charge >= 0.3 is 11.9 Å². The molecule has 0 spiro atoms. The lowest BCUT2D eigenvalue weighted by Crippen LogP contribution is -2.40. The number of carbonyl (C=O) groups is 2. The lowest BCUT2D eigenvalue weighted by atomic mass is 9.95. The number of thiazole rings is 1. The van der Waals surface area contributed by atoms with E-state index in [0.29, 0.717) is 48.7 Å². The molecule has 14 heteroatoms. The SMILES string of the molecule is CCOC(=O)C1=C(C)N=c2s/c(=C/c3cc(Br)cc(Br)c3OCC#N)c(=O)n2[C@H]1c1ccc(OCC(=O)OC)c(OCC)c1. The average Bonchev–Trinajstić information content (AvgIpc) is 3.29. The summed E-state index contributed by atoms with van der Waals surface area (Å²) in [6.07, 6.45) is 1.65. The van der Waals surface area contributed by atoms with Gasteiger partial charge in [-0.15, -0.1) is 0 Å². The number of fused-ring (bicyclic) bond motifs is 1. The van der Waals surface area contributed by atoms with Gasteiger partial charge in [-0.3, -0.25) is 9.36 Å². The fourth-order valence-corrected chi connectivity index (χ4v) is 6.88. The predicted octanol–water partition coefficient (Wildman–Crippen LogP) is 4.18. The molecule has 1 aliphatic heterocycles. The minimum atomic E-state index is -0.912. The maximum absolute atomic E-state index is 14.1. The monoisotopic (exact) mass is 747 g/mol. The molecule has 1 aromatic heterocycles. The maximum Gasteiger partial charge on any atom is 0.343 e. The fraction of sp³-hybridized carbons (Fsp3) is 0.300. The Morgan fingerprint density at radius 2 is 1.89 bits per heavy atom. The molecule has 0 saturated heterocycles. The van der Waals surface area contributed by atoms with Gasteiger partial charge in [-0.2, -0.15) is 5.26 Å². The molecule has 11 nitrogen and oxygen atoms in total. The molecule has 0 radical (unpaired) electrons. The minimum absolute atomic E-state index is 0.125. The highest BCUT2D eigenvalue weighted by Crippen LogP contribution is 2.37. The van der Waals surface area contributed by atoms with Gasteiger partial charge in [0.2, 0.25) is 0 Å². The van der Waals surface area contributed by atoms with Gasteiger partial charge in [0, 0.05) is 10.0 Å². The second kappa shape index (κ2) is 14.7. The van der Waals surface area contributed by atoms with Crippen LogP contribution < -0.4 is 29.1 Å². The van der Waals surface area contributed by atoms with Crippen LogP contribution in [-0.4, -0.2) is 50.0 Å². The third-order valence-corrected chi connectivity index (χ3v) is 8.31. The number of rotatable bonds is 11. The molecule has 44 heavy (non-hydrogen) atoms. The van der Waals surface area contributed by atoms with Crippen LogP contribution in [0.3, 0.4) is 0 Å². The summed E-state index contributed by atoms with van der Waals surface area (Å²) in [6, 6.07) is 9.54. The van der Waals surface area contributed by atoms with Crippen LogP contribution in [-0.2, 0) is 19.1 Å². The van der Waals surface area contributed by atoms with Crippen molar-refractivity contribution in [2.75, 3.05) is 33.5 Å². The molecule has 1 aliphatic rings. The number of nitrogens with zero attached hydrogens (tertiary/aromatic N) is 3. The van der Waals surface area contributed by atoms with E-state index in [0.717, 1.165) is 15.8 Å². The second-order valence-corrected chi connectivity index (χ2v) is 11.8. The topological polar surface area (TPSA) is 138 Å². The van der Waals surface area contributed by atoms with Crippen LogP contribution in [0.4, 0.5) is 0 Å². The standard InChI is InChI=1S/C30H27Br2N3O8S/c1-5-40-22-12-17(7-8-21(22)43-15-24(36)39-4)26-25(29(38)41-6-2)16(3)34-30-35(26)28(37)23(44-30)13-18-11-19(31)14-20(32)27(18)42-10-9-33/h7-8,11-14,26H,5-6,10,15H2,1-4H3/b23-13+/t26-/m0/s1. The van der Waals surface area contributed by atoms with Crippen LogP contribution in [0.25, 0.3) is 6.08 Å². The highest BCUT2D eigenvalue weighted by Gasteiger charge is 2.34. The normalized spacial score (nSPS) is 14.3. The molecule has 0 N–H and O–H groups in total. The first-order valence-corrected chi connectivity index (χ1v) is 15.7. The molecule has 230 valence electrons. The van der Waals surface area contributed by atoms with Gasteiger partial charge in [0.05, 0.1) is 46.6 Å². The summed E-state index contributed by atoms with van der Waals surface area (Å²) < 4.78 is 30.2. The average molecular weight is 749 g/mol. The lowest BCUT2D eigenvalue weighted by Gasteiger charge is -2.25. The Morgan fingerprint density at radius 1 is 1.11 bits per heavy atom. The molecule has 0 bridgehead atoms. The van der Waals surface area contributed by atoms with Crippen molar-refractivity contribution < 1.29 is 33.3 Å². The van der Waals surface area contributed by atoms with E-state index in [4.69, 9.17) is 24.2 Å². The van der Waals surface area contributed by atoms with Crippen LogP contribution >= 0.6 is 43.2 Å². The van der Waals surface area contributed by atoms with Crippen LogP contribution in [0, 0.1) is 11.3 Å². The number of nitriles is 1. The molecule has 0 fully saturated rings. The number of ether oxygens (including phenoxy) is 5. The van der Waals surface area contributed by atoms with Gasteiger partial charge in [-0.25, -0.2) is 14.6 Å². The van der Waals surface area contributed by atoms with Gasteiger partial charge in [0.1, 0.15) is 11.8 Å². The number of allylic oxidation sites excluding steroid dienone is 1. The molecule has 0 amide bonds. The molecule has 3 aromatic rings. The van der Waals surface area contributed by atoms with Crippen molar-refractivity contribution in [1.82, 2.24) is 4.57 Å². The molecular weight excluding hydrogens is 722 g/mol. The number of halogens is 2. The molecule has 2 heterocycles. The van der Waals surface area contributed by atoms with E-state index in [1.54, 1.807) is 57.2 Å². The van der Waals surface area contributed by atoms with Crippen molar-refractivity contribution in [1.29, 1.82) is 5.26 Å². The van der Waals surface area contributed by atoms with Crippen LogP contribution in [0.2, 0.25) is 0 Å². The van der Waals surface area contributed by atoms with E-state index >= 15 is 0 Å². The van der Waals surface area contributed by atoms with Gasteiger partial charge < -0.3 is 23.7 Å². The molecule has 4 rings (SSSR count). The zero-order valence-electron chi connectivity index (χ0n) is 24.1. The van der Waals surface area contributed by atoms with E-state index < -0.39 is 23.5 Å². The van der Waals surface area contributed by atoms with Crippen LogP contribution in [0.1, 0.15) is 37.9 Å². The van der Waals surface area contributed by atoms with Crippen molar-refractivity contribution in [3.63, 3.8) is 0 Å². The Morgan fingerprint density at radius 3 is 2.57 bits per heavy atom. The van der Waals surface area contributed by atoms with Crippen molar-refractivity contribution in [2.24, 2.45) is 4.99 Å². The number of aromatic nitrogens is 1. The van der Waals surface area contributed by atoms with E-state index in [1.165, 1.54) is 11.7 Å². The lowest BCUT2D eigenvalue weighted by molar-refractivity contribution is -0.143. The molecule has 1 atom stereocenters. The van der Waals surface area contributed by atoms with E-state index in [2.05, 4.69) is 41.6 Å². The summed E-state index contributed by atoms with van der Waals surface area (Å²) in [4.78, 5) is 44.1. The molecule has 0 aliphatic carbocycles. The van der Waals surface area contributed by atoms with E-state index in [-0.39, 0.29) is 31.1 Å². The summed E-state index contributed by atoms with van der Waals surface area (Å²) in [5, 5.41) is 9.06. The Labute approximate surface area is 273 Å². The molecular formula is C30H27Br2N3O8S. The van der Waals surface area contributed by atoms with Crippen molar-refractivity contribution >= 4 is 61.2 Å². The highest BCUT2D eigenvalue weighted by atomic mass is 79.9. The molecule has 2 aromatic carbocycles. The quantitative estimate of drug-likeness (QED) is 0.265. The van der Waals surface area contributed by atoms with Gasteiger partial charge in [-0.1, -0.05) is 33.3 Å². The van der Waals surface area contributed by atoms with Crippen molar-refractivity contribution in [3.8, 4) is 23.3 Å². The number of hydrogen-bond donors (Lipinski definition) is 0. The summed E-state index contributed by atoms with van der Waals surface area (Å²) in [5.41, 5.74) is 1.27. The zero-order valence-corrected chi connectivity index (χ0v) is 28.1. The summed E-state index contributed by atoms with van der Waals surface area (Å²) in [6.45, 7) is 5.08. The van der Waals surface area contributed by atoms with Crippen LogP contribution in [0.15, 0.2) is 60.3 Å². The second-order valence-electron chi connectivity index (χ2n) is 9.06. The maximum atomic E-state index is 14.1. The van der Waals surface area contributed by atoms with Gasteiger partial charge in [0.15, 0.2) is 29.5 Å². The summed E-state index contributed by atoms with van der Waals surface area (Å²) in [5.74, 6) is -0.181. The van der Waals surface area contributed by atoms with Gasteiger partial charge in [0.25, 0.3) is 5.56 Å². The van der Waals surface area contributed by atoms with Gasteiger partial charge in [-0.05, 0) is 72.6 Å². The summed E-state index contributed by atoms with van der Waals surface area (Å²) >= 11 is 8.07. The summed E-state index contributed by atoms with van der Waals surface area (Å²) in [7, 11) is 1.26. The third kappa shape index (κ3) is 7.06. The number of benzene rings is 2. The van der Waals surface area contributed by atoms with E-state index in [9.17, 15) is 14.4 Å². The largest absolute Gasteiger partial charge is 0.490 e. The molecule has 0 unspecified atom stereocenters. The fourth-order valence-electron chi connectivity index (χ4n) is 4.47. The number of hydrogen-bond acceptors (Lipinski definition) is 11. The zero-order chi connectivity index (χ0) is 32.0. The van der Waals surface area contributed by atoms with Crippen LogP contribution in [0.5, 0.6) is 17.2 Å². The first-order chi connectivity index (χ1) is 21.1. The highest BCUT2D eigenvalue weighted by molar-refractivity contribution is 9.11. The molecule has 0 saturated carbocycles. The number of methoxy groups -OCH3 is 1. The first-order valence-electron chi connectivity index (χ1n) is 13.3. The Bertz CT molecular complexity index is 1860. The Hall–Kier alpha value is -3.93. The number of carbonyl (C=O) groups excluding carboxylic acids is 2. The minimum Gasteiger partial charge on any atom is -0.490 e. The first kappa shape index (κ1) is 33.0. The Balaban J connectivity index is 1.93. The van der Waals surface area contributed by atoms with E-state index in [1.807, 2.05) is 6.07 Å². The number of esters is 2. The smallest absolute Gasteiger partial charge is 0.343 e. The van der Waals surface area contributed by atoms with Crippen molar-refractivity contribution in [2.45, 2.75) is 26.8 Å². The van der Waals surface area contributed by atoms with Crippen molar-refractivity contribution in [3.05, 3.63) is 81.4 Å². The Kier molecular flexibility index (Phi) is 11.0. The third-order valence-electron chi connectivity index (χ3n) is 6.28. The predicted molar refractivity (Wildman–Crippen MR) is 168 cm³/mol.